The Kier molecular flexibility index (Phi) is 4.98. The van der Waals surface area contributed by atoms with Crippen molar-refractivity contribution in [3.8, 4) is 0 Å². The van der Waals surface area contributed by atoms with Crippen LogP contribution in [0.2, 0.25) is 0 Å². The summed E-state index contributed by atoms with van der Waals surface area (Å²) in [7, 11) is 0. The summed E-state index contributed by atoms with van der Waals surface area (Å²) < 4.78 is 24.0. The van der Waals surface area contributed by atoms with E-state index in [1.165, 1.54) is 0 Å². The van der Waals surface area contributed by atoms with Crippen molar-refractivity contribution in [1.29, 1.82) is 0 Å². The van der Waals surface area contributed by atoms with Gasteiger partial charge in [-0.15, -0.1) is 0 Å². The topological polar surface area (TPSA) is 52.0 Å². The normalized spacial score (nSPS) is 16.0. The molecule has 66 valence electrons. The van der Waals surface area contributed by atoms with E-state index in [1.54, 1.807) is 0 Å². The smallest absolute Gasteiger partial charge is 0.170 e. The van der Waals surface area contributed by atoms with Gasteiger partial charge in [-0.1, -0.05) is 6.58 Å². The van der Waals surface area contributed by atoms with Crippen LogP contribution in [0.3, 0.4) is 0 Å². The molecule has 0 amide bonds. The van der Waals surface area contributed by atoms with E-state index in [4.69, 9.17) is 11.5 Å². The third-order valence-electron chi connectivity index (χ3n) is 1.42. The Hall–Kier alpha value is -0.480. The average molecular weight is 164 g/mol. The molecule has 0 aliphatic heterocycles. The number of nitrogens with two attached hydrogens (primary N) is 2. The number of hydrogen-bond donors (Lipinski definition) is 2. The first-order valence-corrected chi connectivity index (χ1v) is 3.46. The van der Waals surface area contributed by atoms with Crippen LogP contribution in [-0.2, 0) is 0 Å². The lowest BCUT2D eigenvalue weighted by molar-refractivity contribution is 0.370. The fourth-order valence-corrected chi connectivity index (χ4v) is 0.586. The molecule has 0 radical (unpaired) electrons. The first-order chi connectivity index (χ1) is 5.07. The van der Waals surface area contributed by atoms with E-state index in [0.717, 1.165) is 0 Å². The van der Waals surface area contributed by atoms with Gasteiger partial charge in [-0.25, -0.2) is 8.78 Å². The van der Waals surface area contributed by atoms with E-state index in [-0.39, 0.29) is 5.57 Å². The van der Waals surface area contributed by atoms with E-state index in [9.17, 15) is 8.78 Å². The lowest BCUT2D eigenvalue weighted by Gasteiger charge is -2.09. The summed E-state index contributed by atoms with van der Waals surface area (Å²) in [5.74, 6) is 0. The standard InChI is InChI=1S/C7H14F2N2/c1-5(7(9)11)2-3-6(10)4-8/h6-7H,1-4,10-11H2. The quantitative estimate of drug-likeness (QED) is 0.468. The molecule has 0 rings (SSSR count). The molecule has 0 aliphatic rings. The van der Waals surface area contributed by atoms with Crippen molar-refractivity contribution in [2.75, 3.05) is 6.67 Å². The van der Waals surface area contributed by atoms with Crippen LogP contribution in [0.15, 0.2) is 12.2 Å². The molecule has 0 fully saturated rings. The van der Waals surface area contributed by atoms with Gasteiger partial charge in [0, 0.05) is 6.04 Å². The zero-order valence-corrected chi connectivity index (χ0v) is 6.39. The molecule has 0 spiro atoms. The zero-order chi connectivity index (χ0) is 8.85. The Labute approximate surface area is 65.3 Å². The predicted molar refractivity (Wildman–Crippen MR) is 41.4 cm³/mol. The van der Waals surface area contributed by atoms with E-state index in [2.05, 4.69) is 6.58 Å². The third-order valence-corrected chi connectivity index (χ3v) is 1.42. The van der Waals surface area contributed by atoms with Gasteiger partial charge in [0.05, 0.1) is 0 Å². The van der Waals surface area contributed by atoms with Crippen LogP contribution >= 0.6 is 0 Å². The fraction of sp³-hybridized carbons (Fsp3) is 0.714. The van der Waals surface area contributed by atoms with Gasteiger partial charge in [0.15, 0.2) is 6.30 Å². The Morgan fingerprint density at radius 1 is 1.45 bits per heavy atom. The van der Waals surface area contributed by atoms with E-state index in [1.807, 2.05) is 0 Å². The first-order valence-electron chi connectivity index (χ1n) is 3.46. The number of hydrogen-bond acceptors (Lipinski definition) is 2. The maximum absolute atomic E-state index is 12.2. The second-order valence-corrected chi connectivity index (χ2v) is 2.51. The summed E-state index contributed by atoms with van der Waals surface area (Å²) in [6.07, 6.45) is -0.766. The summed E-state index contributed by atoms with van der Waals surface area (Å²) in [5.41, 5.74) is 10.4. The van der Waals surface area contributed by atoms with Gasteiger partial charge in [0.2, 0.25) is 0 Å². The summed E-state index contributed by atoms with van der Waals surface area (Å²) in [4.78, 5) is 0. The van der Waals surface area contributed by atoms with Crippen molar-refractivity contribution >= 4 is 0 Å². The van der Waals surface area contributed by atoms with Gasteiger partial charge in [-0.3, -0.25) is 5.73 Å². The number of rotatable bonds is 5. The number of alkyl halides is 2. The number of halogens is 2. The molecular weight excluding hydrogens is 150 g/mol. The fourth-order valence-electron chi connectivity index (χ4n) is 0.586. The van der Waals surface area contributed by atoms with Gasteiger partial charge < -0.3 is 5.73 Å². The van der Waals surface area contributed by atoms with E-state index < -0.39 is 19.0 Å². The van der Waals surface area contributed by atoms with Crippen LogP contribution in [-0.4, -0.2) is 19.0 Å². The average Bonchev–Trinajstić information content (AvgIpc) is 1.99. The monoisotopic (exact) mass is 164 g/mol. The Morgan fingerprint density at radius 3 is 2.36 bits per heavy atom. The molecule has 0 aromatic rings. The Balaban J connectivity index is 3.46. The lowest BCUT2D eigenvalue weighted by Crippen LogP contribution is -2.24. The third kappa shape index (κ3) is 4.86. The molecule has 11 heavy (non-hydrogen) atoms. The van der Waals surface area contributed by atoms with Crippen molar-refractivity contribution in [1.82, 2.24) is 0 Å². The minimum Gasteiger partial charge on any atom is -0.325 e. The maximum atomic E-state index is 12.2. The molecule has 0 saturated heterocycles. The molecular formula is C7H14F2N2. The van der Waals surface area contributed by atoms with Gasteiger partial charge in [-0.2, -0.15) is 0 Å². The van der Waals surface area contributed by atoms with Crippen LogP contribution in [0.25, 0.3) is 0 Å². The highest BCUT2D eigenvalue weighted by Crippen LogP contribution is 2.08. The molecule has 4 N–H and O–H groups in total. The zero-order valence-electron chi connectivity index (χ0n) is 6.39. The van der Waals surface area contributed by atoms with Gasteiger partial charge >= 0.3 is 0 Å². The van der Waals surface area contributed by atoms with Crippen LogP contribution in [0.1, 0.15) is 12.8 Å². The molecule has 4 heteroatoms. The van der Waals surface area contributed by atoms with Crippen LogP contribution < -0.4 is 11.5 Å². The van der Waals surface area contributed by atoms with Crippen molar-refractivity contribution < 1.29 is 8.78 Å². The molecule has 2 nitrogen and oxygen atoms in total. The Morgan fingerprint density at radius 2 is 2.00 bits per heavy atom. The second kappa shape index (κ2) is 5.21. The van der Waals surface area contributed by atoms with Crippen LogP contribution in [0.5, 0.6) is 0 Å². The summed E-state index contributed by atoms with van der Waals surface area (Å²) in [6.45, 7) is 2.79. The molecule has 0 aliphatic carbocycles. The van der Waals surface area contributed by atoms with Crippen molar-refractivity contribution in [2.24, 2.45) is 11.5 Å². The summed E-state index contributed by atoms with van der Waals surface area (Å²) >= 11 is 0. The highest BCUT2D eigenvalue weighted by molar-refractivity contribution is 4.99. The van der Waals surface area contributed by atoms with Crippen molar-refractivity contribution in [3.63, 3.8) is 0 Å². The van der Waals surface area contributed by atoms with Gasteiger partial charge in [0.1, 0.15) is 6.67 Å². The predicted octanol–water partition coefficient (Wildman–Crippen LogP) is 0.874. The van der Waals surface area contributed by atoms with Gasteiger partial charge in [-0.05, 0) is 18.4 Å². The highest BCUT2D eigenvalue weighted by atomic mass is 19.1. The van der Waals surface area contributed by atoms with E-state index in [0.29, 0.717) is 12.8 Å². The molecule has 0 bridgehead atoms. The van der Waals surface area contributed by atoms with Crippen molar-refractivity contribution in [3.05, 3.63) is 12.2 Å². The summed E-state index contributed by atoms with van der Waals surface area (Å²) in [5, 5.41) is 0. The second-order valence-electron chi connectivity index (χ2n) is 2.51. The Bertz CT molecular complexity index is 126. The molecule has 0 aromatic heterocycles. The molecule has 2 unspecified atom stereocenters. The molecule has 0 aromatic carbocycles. The van der Waals surface area contributed by atoms with Crippen LogP contribution in [0, 0.1) is 0 Å². The largest absolute Gasteiger partial charge is 0.325 e. The SMILES string of the molecule is C=C(CCC(N)CF)C(N)F. The maximum Gasteiger partial charge on any atom is 0.170 e. The summed E-state index contributed by atoms with van der Waals surface area (Å²) in [6, 6.07) is -0.523. The minimum atomic E-state index is -1.51. The molecule has 0 saturated carbocycles. The molecule has 2 atom stereocenters. The van der Waals surface area contributed by atoms with Crippen LogP contribution in [0.4, 0.5) is 8.78 Å². The van der Waals surface area contributed by atoms with E-state index >= 15 is 0 Å². The highest BCUT2D eigenvalue weighted by Gasteiger charge is 2.07. The molecule has 0 heterocycles. The van der Waals surface area contributed by atoms with Gasteiger partial charge in [0.25, 0.3) is 0 Å². The lowest BCUT2D eigenvalue weighted by atomic mass is 10.1. The minimum absolute atomic E-state index is 0.272. The first kappa shape index (κ1) is 10.5. The van der Waals surface area contributed by atoms with Crippen molar-refractivity contribution in [2.45, 2.75) is 25.2 Å².